The summed E-state index contributed by atoms with van der Waals surface area (Å²) in [4.78, 5) is 16.0. The average Bonchev–Trinajstić information content (AvgIpc) is 2.37. The zero-order valence-corrected chi connectivity index (χ0v) is 12.5. The van der Waals surface area contributed by atoms with Gasteiger partial charge >= 0.3 is 0 Å². The molecule has 1 aromatic rings. The Morgan fingerprint density at radius 1 is 1.17 bits per heavy atom. The molecule has 1 aromatic carbocycles. The van der Waals surface area contributed by atoms with Gasteiger partial charge in [-0.05, 0) is 38.1 Å². The van der Waals surface area contributed by atoms with Crippen LogP contribution < -0.4 is 4.90 Å². The fourth-order valence-corrected chi connectivity index (χ4v) is 1.64. The quantitative estimate of drug-likeness (QED) is 0.784. The van der Waals surface area contributed by atoms with Crippen molar-refractivity contribution in [2.45, 2.75) is 19.4 Å². The van der Waals surface area contributed by atoms with Gasteiger partial charge in [-0.3, -0.25) is 4.79 Å². The molecule has 0 atom stereocenters. The van der Waals surface area contributed by atoms with Crippen molar-refractivity contribution in [3.63, 3.8) is 0 Å². The minimum absolute atomic E-state index is 0.00837. The number of carbonyl (C=O) groups excluding carboxylic acids is 1. The van der Waals surface area contributed by atoms with Crippen LogP contribution in [0.3, 0.4) is 0 Å². The van der Waals surface area contributed by atoms with E-state index in [0.29, 0.717) is 11.4 Å². The molecule has 0 heterocycles. The van der Waals surface area contributed by atoms with Crippen LogP contribution in [0.5, 0.6) is 0 Å². The van der Waals surface area contributed by atoms with Crippen molar-refractivity contribution in [1.82, 2.24) is 4.90 Å². The monoisotopic (exact) mass is 268 g/mol. The van der Waals surface area contributed by atoms with Crippen molar-refractivity contribution in [3.8, 4) is 0 Å². The summed E-state index contributed by atoms with van der Waals surface area (Å²) in [6.07, 6.45) is 0. The maximum absolute atomic E-state index is 12.3. The number of anilines is 1. The molecule has 1 rings (SSSR count). The Balaban J connectivity index is 2.91. The highest BCUT2D eigenvalue weighted by atomic mass is 35.5. The second kappa shape index (κ2) is 5.61. The highest BCUT2D eigenvalue weighted by Gasteiger charge is 2.27. The van der Waals surface area contributed by atoms with E-state index in [-0.39, 0.29) is 11.4 Å². The van der Waals surface area contributed by atoms with Crippen LogP contribution in [0.1, 0.15) is 24.2 Å². The maximum atomic E-state index is 12.3. The largest absolute Gasteiger partial charge is 0.378 e. The molecule has 0 N–H and O–H groups in total. The zero-order valence-electron chi connectivity index (χ0n) is 11.7. The van der Waals surface area contributed by atoms with Gasteiger partial charge in [-0.1, -0.05) is 0 Å². The molecule has 0 saturated heterocycles. The first-order valence-electron chi connectivity index (χ1n) is 5.91. The molecule has 0 bridgehead atoms. The normalized spacial score (nSPS) is 11.2. The highest BCUT2D eigenvalue weighted by Crippen LogP contribution is 2.19. The van der Waals surface area contributed by atoms with Crippen LogP contribution in [0.25, 0.3) is 0 Å². The minimum Gasteiger partial charge on any atom is -0.378 e. The number of benzene rings is 1. The van der Waals surface area contributed by atoms with Crippen LogP contribution in [0, 0.1) is 0 Å². The van der Waals surface area contributed by atoms with Crippen LogP contribution in [-0.2, 0) is 0 Å². The molecule has 1 amide bonds. The SMILES string of the molecule is CN(C)c1ccc(C(=O)N(C)C(C)(C)CCl)cc1. The second-order valence-electron chi connectivity index (χ2n) is 5.25. The lowest BCUT2D eigenvalue weighted by Crippen LogP contribution is -2.46. The van der Waals surface area contributed by atoms with Crippen LogP contribution in [0.15, 0.2) is 24.3 Å². The predicted octanol–water partition coefficient (Wildman–Crippen LogP) is 2.84. The lowest BCUT2D eigenvalue weighted by atomic mass is 10.0. The van der Waals surface area contributed by atoms with Crippen LogP contribution in [-0.4, -0.2) is 43.4 Å². The summed E-state index contributed by atoms with van der Waals surface area (Å²) >= 11 is 5.89. The predicted molar refractivity (Wildman–Crippen MR) is 77.7 cm³/mol. The van der Waals surface area contributed by atoms with Gasteiger partial charge in [0, 0.05) is 38.3 Å². The van der Waals surface area contributed by atoms with Gasteiger partial charge in [-0.2, -0.15) is 0 Å². The lowest BCUT2D eigenvalue weighted by molar-refractivity contribution is 0.0660. The van der Waals surface area contributed by atoms with Crippen molar-refractivity contribution < 1.29 is 4.79 Å². The number of carbonyl (C=O) groups is 1. The molecule has 0 saturated carbocycles. The van der Waals surface area contributed by atoms with Gasteiger partial charge in [0.15, 0.2) is 0 Å². The zero-order chi connectivity index (χ0) is 13.9. The van der Waals surface area contributed by atoms with E-state index in [0.717, 1.165) is 5.69 Å². The van der Waals surface area contributed by atoms with Crippen molar-refractivity contribution in [2.75, 3.05) is 31.9 Å². The summed E-state index contributed by atoms with van der Waals surface area (Å²) in [6.45, 7) is 3.90. The molecule has 0 aliphatic carbocycles. The summed E-state index contributed by atoms with van der Waals surface area (Å²) in [5.41, 5.74) is 1.41. The molecular formula is C14H21ClN2O. The summed E-state index contributed by atoms with van der Waals surface area (Å²) in [7, 11) is 5.73. The first-order chi connectivity index (χ1) is 8.29. The molecule has 0 aromatic heterocycles. The summed E-state index contributed by atoms with van der Waals surface area (Å²) in [6, 6.07) is 7.57. The van der Waals surface area contributed by atoms with Crippen LogP contribution >= 0.6 is 11.6 Å². The molecule has 0 aliphatic heterocycles. The molecule has 0 aliphatic rings. The van der Waals surface area contributed by atoms with Gasteiger partial charge in [0.1, 0.15) is 0 Å². The van der Waals surface area contributed by atoms with E-state index in [9.17, 15) is 4.79 Å². The molecule has 0 unspecified atom stereocenters. The standard InChI is InChI=1S/C14H21ClN2O/c1-14(2,10-15)17(5)13(18)11-6-8-12(9-7-11)16(3)4/h6-9H,10H2,1-5H3. The number of amides is 1. The highest BCUT2D eigenvalue weighted by molar-refractivity contribution is 6.18. The van der Waals surface area contributed by atoms with Crippen LogP contribution in [0.2, 0.25) is 0 Å². The van der Waals surface area contributed by atoms with Crippen molar-refractivity contribution in [2.24, 2.45) is 0 Å². The van der Waals surface area contributed by atoms with E-state index in [1.54, 1.807) is 11.9 Å². The Labute approximate surface area is 114 Å². The fraction of sp³-hybridized carbons (Fsp3) is 0.500. The number of halogens is 1. The van der Waals surface area contributed by atoms with Crippen molar-refractivity contribution >= 4 is 23.2 Å². The maximum Gasteiger partial charge on any atom is 0.254 e. The Bertz CT molecular complexity index is 412. The van der Waals surface area contributed by atoms with Gasteiger partial charge < -0.3 is 9.80 Å². The Morgan fingerprint density at radius 3 is 2.06 bits per heavy atom. The minimum atomic E-state index is -0.348. The summed E-state index contributed by atoms with van der Waals surface area (Å²) < 4.78 is 0. The first-order valence-corrected chi connectivity index (χ1v) is 6.44. The molecule has 0 fully saturated rings. The molecule has 0 radical (unpaired) electrons. The Morgan fingerprint density at radius 2 is 1.67 bits per heavy atom. The molecular weight excluding hydrogens is 248 g/mol. The van der Waals surface area contributed by atoms with Gasteiger partial charge in [-0.15, -0.1) is 11.6 Å². The van der Waals surface area contributed by atoms with E-state index in [1.165, 1.54) is 0 Å². The number of hydrogen-bond donors (Lipinski definition) is 0. The van der Waals surface area contributed by atoms with E-state index >= 15 is 0 Å². The second-order valence-corrected chi connectivity index (χ2v) is 5.52. The third kappa shape index (κ3) is 3.16. The average molecular weight is 269 g/mol. The Kier molecular flexibility index (Phi) is 4.63. The first kappa shape index (κ1) is 14.8. The van der Waals surface area contributed by atoms with Crippen molar-refractivity contribution in [3.05, 3.63) is 29.8 Å². The fourth-order valence-electron chi connectivity index (χ4n) is 1.46. The number of rotatable bonds is 4. The van der Waals surface area contributed by atoms with E-state index in [1.807, 2.05) is 57.1 Å². The smallest absolute Gasteiger partial charge is 0.254 e. The molecule has 0 spiro atoms. The molecule has 100 valence electrons. The van der Waals surface area contributed by atoms with E-state index in [4.69, 9.17) is 11.6 Å². The van der Waals surface area contributed by atoms with Crippen molar-refractivity contribution in [1.29, 1.82) is 0 Å². The van der Waals surface area contributed by atoms with Gasteiger partial charge in [0.05, 0.1) is 5.54 Å². The third-order valence-electron chi connectivity index (χ3n) is 3.17. The number of alkyl halides is 1. The number of nitrogens with zero attached hydrogens (tertiary/aromatic N) is 2. The molecule has 4 heteroatoms. The topological polar surface area (TPSA) is 23.6 Å². The van der Waals surface area contributed by atoms with Gasteiger partial charge in [0.25, 0.3) is 5.91 Å². The molecule has 3 nitrogen and oxygen atoms in total. The van der Waals surface area contributed by atoms with Crippen LogP contribution in [0.4, 0.5) is 5.69 Å². The van der Waals surface area contributed by atoms with Gasteiger partial charge in [0.2, 0.25) is 0 Å². The summed E-state index contributed by atoms with van der Waals surface area (Å²) in [5.74, 6) is 0.399. The lowest BCUT2D eigenvalue weighted by Gasteiger charge is -2.34. The van der Waals surface area contributed by atoms with E-state index < -0.39 is 0 Å². The summed E-state index contributed by atoms with van der Waals surface area (Å²) in [5, 5.41) is 0. The Hall–Kier alpha value is -1.22. The van der Waals surface area contributed by atoms with Gasteiger partial charge in [-0.25, -0.2) is 0 Å². The van der Waals surface area contributed by atoms with E-state index in [2.05, 4.69) is 0 Å². The number of hydrogen-bond acceptors (Lipinski definition) is 2. The molecule has 18 heavy (non-hydrogen) atoms. The third-order valence-corrected chi connectivity index (χ3v) is 3.82.